The molecule has 0 aromatic heterocycles. The van der Waals surface area contributed by atoms with E-state index in [-0.39, 0.29) is 17.5 Å². The lowest BCUT2D eigenvalue weighted by Gasteiger charge is -2.15. The van der Waals surface area contributed by atoms with E-state index in [9.17, 15) is 20.2 Å². The zero-order chi connectivity index (χ0) is 20.7. The molecule has 0 aliphatic rings. The molecule has 0 saturated carbocycles. The molecule has 148 valence electrons. The van der Waals surface area contributed by atoms with E-state index in [4.69, 9.17) is 9.47 Å². The lowest BCUT2D eigenvalue weighted by molar-refractivity contribution is -0.393. The first-order valence-corrected chi connectivity index (χ1v) is 8.42. The zero-order valence-corrected chi connectivity index (χ0v) is 15.6. The van der Waals surface area contributed by atoms with Crippen LogP contribution in [0.3, 0.4) is 0 Å². The summed E-state index contributed by atoms with van der Waals surface area (Å²) >= 11 is 0. The van der Waals surface area contributed by atoms with Gasteiger partial charge in [0.1, 0.15) is 5.69 Å². The zero-order valence-electron chi connectivity index (χ0n) is 15.6. The summed E-state index contributed by atoms with van der Waals surface area (Å²) in [6, 6.07) is 8.50. The van der Waals surface area contributed by atoms with Crippen LogP contribution in [-0.2, 0) is 0 Å². The minimum absolute atomic E-state index is 0.0375. The van der Waals surface area contributed by atoms with Crippen molar-refractivity contribution in [2.24, 2.45) is 5.10 Å². The van der Waals surface area contributed by atoms with Gasteiger partial charge in [0.15, 0.2) is 11.5 Å². The molecule has 0 bridgehead atoms. The second kappa shape index (κ2) is 9.31. The fraction of sp³-hybridized carbons (Fsp3) is 0.278. The van der Waals surface area contributed by atoms with Gasteiger partial charge in [-0.1, -0.05) is 6.92 Å². The Morgan fingerprint density at radius 1 is 1.14 bits per heavy atom. The summed E-state index contributed by atoms with van der Waals surface area (Å²) in [6.07, 6.45) is 2.34. The number of benzene rings is 2. The summed E-state index contributed by atoms with van der Waals surface area (Å²) in [5.74, 6) is 1.14. The van der Waals surface area contributed by atoms with E-state index in [2.05, 4.69) is 10.5 Å². The molecule has 1 unspecified atom stereocenters. The molecule has 0 radical (unpaired) electrons. The van der Waals surface area contributed by atoms with Crippen LogP contribution < -0.4 is 14.9 Å². The number of hydrogen-bond acceptors (Lipinski definition) is 8. The molecule has 1 atom stereocenters. The highest BCUT2D eigenvalue weighted by Crippen LogP contribution is 2.30. The summed E-state index contributed by atoms with van der Waals surface area (Å²) in [4.78, 5) is 20.5. The van der Waals surface area contributed by atoms with Crippen molar-refractivity contribution in [3.05, 3.63) is 62.2 Å². The van der Waals surface area contributed by atoms with Crippen LogP contribution in [0.25, 0.3) is 0 Å². The predicted octanol–water partition coefficient (Wildman–Crippen LogP) is 4.13. The molecule has 2 aromatic carbocycles. The van der Waals surface area contributed by atoms with Crippen LogP contribution in [0.2, 0.25) is 0 Å². The molecule has 1 N–H and O–H groups in total. The van der Waals surface area contributed by atoms with Crippen LogP contribution in [0, 0.1) is 20.2 Å². The van der Waals surface area contributed by atoms with E-state index in [1.807, 2.05) is 13.8 Å². The lowest BCUT2D eigenvalue weighted by Crippen LogP contribution is -2.10. The van der Waals surface area contributed by atoms with E-state index in [0.29, 0.717) is 17.1 Å². The van der Waals surface area contributed by atoms with Gasteiger partial charge in [-0.05, 0) is 43.2 Å². The second-order valence-electron chi connectivity index (χ2n) is 5.83. The van der Waals surface area contributed by atoms with E-state index >= 15 is 0 Å². The molecule has 0 heterocycles. The average molecular weight is 388 g/mol. The van der Waals surface area contributed by atoms with Crippen molar-refractivity contribution >= 4 is 23.3 Å². The second-order valence-corrected chi connectivity index (χ2v) is 5.83. The number of nitro benzene ring substituents is 2. The number of hydrazone groups is 1. The molecule has 10 heteroatoms. The number of anilines is 1. The Bertz CT molecular complexity index is 900. The molecule has 0 amide bonds. The van der Waals surface area contributed by atoms with Gasteiger partial charge in [-0.15, -0.1) is 0 Å². The Labute approximate surface area is 161 Å². The number of nitrogens with one attached hydrogen (secondary N) is 1. The molecule has 0 aliphatic carbocycles. The summed E-state index contributed by atoms with van der Waals surface area (Å²) in [5, 5.41) is 25.9. The van der Waals surface area contributed by atoms with Crippen LogP contribution in [0.1, 0.15) is 25.8 Å². The van der Waals surface area contributed by atoms with Gasteiger partial charge in [0.2, 0.25) is 0 Å². The summed E-state index contributed by atoms with van der Waals surface area (Å²) in [6.45, 7) is 3.97. The molecular formula is C18H20N4O6. The Morgan fingerprint density at radius 2 is 1.89 bits per heavy atom. The first kappa shape index (κ1) is 20.6. The van der Waals surface area contributed by atoms with Gasteiger partial charge in [0.05, 0.1) is 35.3 Å². The fourth-order valence-corrected chi connectivity index (χ4v) is 2.22. The number of methoxy groups -OCH3 is 1. The van der Waals surface area contributed by atoms with Crippen LogP contribution in [0.15, 0.2) is 41.5 Å². The normalized spacial score (nSPS) is 11.8. The minimum atomic E-state index is -0.713. The average Bonchev–Trinajstić information content (AvgIpc) is 2.68. The SMILES string of the molecule is CCC(C)Oc1ccc(/C=N/Nc2ccc([N+](=O)[O-])cc2[N+](=O)[O-])cc1OC. The summed E-state index contributed by atoms with van der Waals surface area (Å²) in [5.41, 5.74) is 2.43. The van der Waals surface area contributed by atoms with Crippen LogP contribution in [0.4, 0.5) is 17.1 Å². The highest BCUT2D eigenvalue weighted by Gasteiger charge is 2.19. The quantitative estimate of drug-likeness (QED) is 0.388. The third-order valence-corrected chi connectivity index (χ3v) is 3.88. The largest absolute Gasteiger partial charge is 0.493 e. The van der Waals surface area contributed by atoms with Crippen LogP contribution in [0.5, 0.6) is 11.5 Å². The van der Waals surface area contributed by atoms with Gasteiger partial charge in [-0.25, -0.2) is 0 Å². The summed E-state index contributed by atoms with van der Waals surface area (Å²) in [7, 11) is 1.53. The number of nitro groups is 2. The Balaban J connectivity index is 2.18. The topological polar surface area (TPSA) is 129 Å². The van der Waals surface area contributed by atoms with Crippen molar-refractivity contribution in [2.45, 2.75) is 26.4 Å². The molecule has 0 spiro atoms. The highest BCUT2D eigenvalue weighted by atomic mass is 16.6. The molecule has 28 heavy (non-hydrogen) atoms. The van der Waals surface area contributed by atoms with Crippen molar-refractivity contribution in [3.63, 3.8) is 0 Å². The van der Waals surface area contributed by atoms with Crippen LogP contribution >= 0.6 is 0 Å². The molecule has 10 nitrogen and oxygen atoms in total. The van der Waals surface area contributed by atoms with Gasteiger partial charge in [-0.2, -0.15) is 5.10 Å². The first-order chi connectivity index (χ1) is 13.3. The smallest absolute Gasteiger partial charge is 0.301 e. The minimum Gasteiger partial charge on any atom is -0.493 e. The van der Waals surface area contributed by atoms with Crippen molar-refractivity contribution in [1.82, 2.24) is 0 Å². The Kier molecular flexibility index (Phi) is 6.85. The van der Waals surface area contributed by atoms with Crippen molar-refractivity contribution in [3.8, 4) is 11.5 Å². The van der Waals surface area contributed by atoms with Gasteiger partial charge >= 0.3 is 5.69 Å². The van der Waals surface area contributed by atoms with E-state index in [1.54, 1.807) is 18.2 Å². The van der Waals surface area contributed by atoms with Gasteiger partial charge in [0, 0.05) is 6.07 Å². The van der Waals surface area contributed by atoms with Gasteiger partial charge in [-0.3, -0.25) is 25.7 Å². The monoisotopic (exact) mass is 388 g/mol. The highest BCUT2D eigenvalue weighted by molar-refractivity contribution is 5.82. The van der Waals surface area contributed by atoms with E-state index < -0.39 is 15.5 Å². The maximum atomic E-state index is 11.1. The van der Waals surface area contributed by atoms with Gasteiger partial charge in [0.25, 0.3) is 5.69 Å². The molecule has 2 rings (SSSR count). The molecule has 0 fully saturated rings. The predicted molar refractivity (Wildman–Crippen MR) is 104 cm³/mol. The molecule has 0 saturated heterocycles. The maximum absolute atomic E-state index is 11.1. The standard InChI is InChI=1S/C18H20N4O6/c1-4-12(2)28-17-8-5-13(9-18(17)27-3)11-19-20-15-7-6-14(21(23)24)10-16(15)22(25)26/h5-12,20H,4H2,1-3H3/b19-11+. The van der Waals surface area contributed by atoms with Crippen molar-refractivity contribution in [2.75, 3.05) is 12.5 Å². The van der Waals surface area contributed by atoms with E-state index in [0.717, 1.165) is 18.6 Å². The summed E-state index contributed by atoms with van der Waals surface area (Å²) < 4.78 is 11.1. The number of non-ortho nitro benzene ring substituents is 1. The molecule has 0 aliphatic heterocycles. The van der Waals surface area contributed by atoms with Crippen molar-refractivity contribution in [1.29, 1.82) is 0 Å². The number of rotatable bonds is 9. The van der Waals surface area contributed by atoms with Crippen molar-refractivity contribution < 1.29 is 19.3 Å². The third-order valence-electron chi connectivity index (χ3n) is 3.88. The van der Waals surface area contributed by atoms with Gasteiger partial charge < -0.3 is 9.47 Å². The lowest BCUT2D eigenvalue weighted by atomic mass is 10.2. The first-order valence-electron chi connectivity index (χ1n) is 8.42. The fourth-order valence-electron chi connectivity index (χ4n) is 2.22. The Morgan fingerprint density at radius 3 is 2.50 bits per heavy atom. The Hall–Kier alpha value is -3.69. The number of hydrogen-bond donors (Lipinski definition) is 1. The maximum Gasteiger partial charge on any atom is 0.301 e. The van der Waals surface area contributed by atoms with Crippen LogP contribution in [-0.4, -0.2) is 29.3 Å². The third kappa shape index (κ3) is 5.16. The molecule has 2 aromatic rings. The number of nitrogens with zero attached hydrogens (tertiary/aromatic N) is 3. The number of ether oxygens (including phenoxy) is 2. The van der Waals surface area contributed by atoms with E-state index in [1.165, 1.54) is 19.4 Å². The molecular weight excluding hydrogens is 368 g/mol.